The van der Waals surface area contributed by atoms with Gasteiger partial charge in [-0.15, -0.1) is 0 Å². The summed E-state index contributed by atoms with van der Waals surface area (Å²) in [7, 11) is 3.31. The Balaban J connectivity index is 2.61. The van der Waals surface area contributed by atoms with Gasteiger partial charge >= 0.3 is 0 Å². The summed E-state index contributed by atoms with van der Waals surface area (Å²) >= 11 is 0. The average molecular weight is 230 g/mol. The molecule has 0 radical (unpaired) electrons. The van der Waals surface area contributed by atoms with Crippen LogP contribution in [0.1, 0.15) is 0 Å². The number of methoxy groups -OCH3 is 1. The van der Waals surface area contributed by atoms with E-state index in [1.54, 1.807) is 20.2 Å². The molecule has 2 rings (SSSR count). The van der Waals surface area contributed by atoms with E-state index in [0.29, 0.717) is 0 Å². The van der Waals surface area contributed by atoms with Gasteiger partial charge in [0.1, 0.15) is 5.75 Å². The number of aromatic nitrogens is 1. The van der Waals surface area contributed by atoms with Crippen LogP contribution in [0.25, 0.3) is 11.3 Å². The van der Waals surface area contributed by atoms with Crippen LogP contribution in [-0.4, -0.2) is 11.7 Å². The van der Waals surface area contributed by atoms with Crippen molar-refractivity contribution in [2.75, 3.05) is 12.8 Å². The number of nitrogens with two attached hydrogens (primary N) is 1. The molecule has 1 aromatic carbocycles. The average Bonchev–Trinajstić information content (AvgIpc) is 2.36. The molecule has 0 spiro atoms. The zero-order valence-corrected chi connectivity index (χ0v) is 9.81. The first kappa shape index (κ1) is 11.3. The Labute approximate surface area is 99.3 Å². The van der Waals surface area contributed by atoms with E-state index in [0.717, 1.165) is 17.0 Å². The molecule has 0 saturated carbocycles. The van der Waals surface area contributed by atoms with Crippen LogP contribution in [0, 0.1) is 0 Å². The van der Waals surface area contributed by atoms with E-state index in [1.165, 1.54) is 4.57 Å². The second kappa shape index (κ2) is 4.33. The Morgan fingerprint density at radius 1 is 1.24 bits per heavy atom. The molecule has 88 valence electrons. The number of nitrogens with zero attached hydrogens (tertiary/aromatic N) is 1. The molecule has 0 saturated heterocycles. The summed E-state index contributed by atoms with van der Waals surface area (Å²) in [5.74, 6) is 0.756. The van der Waals surface area contributed by atoms with Gasteiger partial charge in [-0.05, 0) is 24.3 Å². The smallest absolute Gasteiger partial charge is 0.273 e. The van der Waals surface area contributed by atoms with E-state index in [2.05, 4.69) is 0 Å². The van der Waals surface area contributed by atoms with Crippen molar-refractivity contribution in [3.05, 3.63) is 46.8 Å². The van der Waals surface area contributed by atoms with Gasteiger partial charge in [0.15, 0.2) is 0 Å². The molecule has 0 aliphatic carbocycles. The van der Waals surface area contributed by atoms with E-state index in [4.69, 9.17) is 10.5 Å². The third kappa shape index (κ3) is 2.01. The van der Waals surface area contributed by atoms with Crippen molar-refractivity contribution in [3.8, 4) is 17.0 Å². The minimum Gasteiger partial charge on any atom is -0.497 e. The van der Waals surface area contributed by atoms with Crippen LogP contribution >= 0.6 is 0 Å². The number of pyridine rings is 1. The summed E-state index contributed by atoms with van der Waals surface area (Å²) in [4.78, 5) is 11.7. The lowest BCUT2D eigenvalue weighted by atomic mass is 10.1. The van der Waals surface area contributed by atoms with E-state index in [-0.39, 0.29) is 11.2 Å². The predicted molar refractivity (Wildman–Crippen MR) is 68.1 cm³/mol. The van der Waals surface area contributed by atoms with Crippen LogP contribution in [0.3, 0.4) is 0 Å². The second-order valence-corrected chi connectivity index (χ2v) is 3.77. The first-order valence-electron chi connectivity index (χ1n) is 5.23. The number of nitrogen functional groups attached to an aromatic ring is 1. The van der Waals surface area contributed by atoms with E-state index in [9.17, 15) is 4.79 Å². The molecule has 0 atom stereocenters. The lowest BCUT2D eigenvalue weighted by Crippen LogP contribution is -2.21. The van der Waals surface area contributed by atoms with Crippen LogP contribution in [0.2, 0.25) is 0 Å². The lowest BCUT2D eigenvalue weighted by molar-refractivity contribution is 0.415. The summed E-state index contributed by atoms with van der Waals surface area (Å²) in [5, 5.41) is 0. The predicted octanol–water partition coefficient (Wildman–Crippen LogP) is 1.64. The maximum Gasteiger partial charge on any atom is 0.273 e. The Kier molecular flexibility index (Phi) is 2.87. The van der Waals surface area contributed by atoms with E-state index < -0.39 is 0 Å². The quantitative estimate of drug-likeness (QED) is 0.853. The number of anilines is 1. The Morgan fingerprint density at radius 2 is 2.00 bits per heavy atom. The van der Waals surface area contributed by atoms with Crippen LogP contribution in [-0.2, 0) is 7.05 Å². The summed E-state index contributed by atoms with van der Waals surface area (Å²) in [5.41, 5.74) is 7.35. The largest absolute Gasteiger partial charge is 0.497 e. The van der Waals surface area contributed by atoms with Gasteiger partial charge in [-0.2, -0.15) is 0 Å². The fourth-order valence-corrected chi connectivity index (χ4v) is 1.73. The van der Waals surface area contributed by atoms with Gasteiger partial charge < -0.3 is 15.0 Å². The zero-order chi connectivity index (χ0) is 12.4. The van der Waals surface area contributed by atoms with E-state index >= 15 is 0 Å². The molecule has 0 bridgehead atoms. The fraction of sp³-hybridized carbons (Fsp3) is 0.154. The highest BCUT2D eigenvalue weighted by Crippen LogP contribution is 2.22. The van der Waals surface area contributed by atoms with Crippen molar-refractivity contribution in [2.24, 2.45) is 7.05 Å². The Bertz CT molecular complexity index is 603. The standard InChI is InChI=1S/C13H14N2O2/c1-15-12(7-6-11(14)13(15)16)9-4-3-5-10(8-9)17-2/h3-8H,14H2,1-2H3. The molecule has 4 nitrogen and oxygen atoms in total. The van der Waals surface area contributed by atoms with Gasteiger partial charge in [0, 0.05) is 12.6 Å². The third-order valence-corrected chi connectivity index (χ3v) is 2.70. The van der Waals surface area contributed by atoms with Crippen molar-refractivity contribution < 1.29 is 4.74 Å². The van der Waals surface area contributed by atoms with Crippen molar-refractivity contribution in [3.63, 3.8) is 0 Å². The normalized spacial score (nSPS) is 10.2. The molecule has 2 aromatic rings. The number of hydrogen-bond acceptors (Lipinski definition) is 3. The van der Waals surface area contributed by atoms with Crippen LogP contribution in [0.4, 0.5) is 5.69 Å². The van der Waals surface area contributed by atoms with Crippen molar-refractivity contribution in [1.29, 1.82) is 0 Å². The highest BCUT2D eigenvalue weighted by molar-refractivity contribution is 5.63. The third-order valence-electron chi connectivity index (χ3n) is 2.70. The molecule has 0 amide bonds. The highest BCUT2D eigenvalue weighted by Gasteiger charge is 2.06. The van der Waals surface area contributed by atoms with Crippen LogP contribution in [0.15, 0.2) is 41.2 Å². The molecule has 1 aromatic heterocycles. The highest BCUT2D eigenvalue weighted by atomic mass is 16.5. The fourth-order valence-electron chi connectivity index (χ4n) is 1.73. The number of rotatable bonds is 2. The van der Waals surface area contributed by atoms with Gasteiger partial charge in [0.05, 0.1) is 18.5 Å². The molecule has 0 fully saturated rings. The molecule has 1 heterocycles. The molecular weight excluding hydrogens is 216 g/mol. The maximum absolute atomic E-state index is 11.7. The van der Waals surface area contributed by atoms with Crippen LogP contribution in [0.5, 0.6) is 5.75 Å². The summed E-state index contributed by atoms with van der Waals surface area (Å²) < 4.78 is 6.69. The number of hydrogen-bond donors (Lipinski definition) is 1. The molecule has 2 N–H and O–H groups in total. The van der Waals surface area contributed by atoms with Crippen LogP contribution < -0.4 is 16.0 Å². The molecule has 0 unspecified atom stereocenters. The van der Waals surface area contributed by atoms with Gasteiger partial charge in [-0.3, -0.25) is 4.79 Å². The minimum absolute atomic E-state index is 0.190. The summed E-state index contributed by atoms with van der Waals surface area (Å²) in [6, 6.07) is 11.0. The van der Waals surface area contributed by atoms with Crippen molar-refractivity contribution in [1.82, 2.24) is 4.57 Å². The summed E-state index contributed by atoms with van der Waals surface area (Å²) in [6.07, 6.45) is 0. The second-order valence-electron chi connectivity index (χ2n) is 3.77. The molecule has 4 heteroatoms. The van der Waals surface area contributed by atoms with Gasteiger partial charge in [-0.25, -0.2) is 0 Å². The van der Waals surface area contributed by atoms with E-state index in [1.807, 2.05) is 30.3 Å². The Hall–Kier alpha value is -2.23. The number of benzene rings is 1. The summed E-state index contributed by atoms with van der Waals surface area (Å²) in [6.45, 7) is 0. The topological polar surface area (TPSA) is 57.2 Å². The minimum atomic E-state index is -0.190. The lowest BCUT2D eigenvalue weighted by Gasteiger charge is -2.10. The monoisotopic (exact) mass is 230 g/mol. The van der Waals surface area contributed by atoms with Gasteiger partial charge in [-0.1, -0.05) is 12.1 Å². The first-order chi connectivity index (χ1) is 8.13. The zero-order valence-electron chi connectivity index (χ0n) is 9.81. The maximum atomic E-state index is 11.7. The molecule has 0 aliphatic heterocycles. The van der Waals surface area contributed by atoms with Gasteiger partial charge in [0.2, 0.25) is 0 Å². The number of ether oxygens (including phenoxy) is 1. The van der Waals surface area contributed by atoms with Crippen molar-refractivity contribution in [2.45, 2.75) is 0 Å². The Morgan fingerprint density at radius 3 is 2.71 bits per heavy atom. The first-order valence-corrected chi connectivity index (χ1v) is 5.23. The molecule has 0 aliphatic rings. The van der Waals surface area contributed by atoms with Crippen molar-refractivity contribution >= 4 is 5.69 Å². The van der Waals surface area contributed by atoms with Gasteiger partial charge in [0.25, 0.3) is 5.56 Å². The molecular formula is C13H14N2O2. The molecule has 17 heavy (non-hydrogen) atoms. The SMILES string of the molecule is COc1cccc(-c2ccc(N)c(=O)n2C)c1.